The van der Waals surface area contributed by atoms with Crippen molar-refractivity contribution in [3.63, 3.8) is 0 Å². The minimum Gasteiger partial charge on any atom is -0.356 e. The van der Waals surface area contributed by atoms with Crippen molar-refractivity contribution < 1.29 is 18.0 Å². The van der Waals surface area contributed by atoms with E-state index in [4.69, 9.17) is 0 Å². The monoisotopic (exact) mass is 328 g/mol. The summed E-state index contributed by atoms with van der Waals surface area (Å²) in [7, 11) is 0. The van der Waals surface area contributed by atoms with E-state index in [-0.39, 0.29) is 5.91 Å². The summed E-state index contributed by atoms with van der Waals surface area (Å²) in [6, 6.07) is 1.51. The molecule has 0 radical (unpaired) electrons. The van der Waals surface area contributed by atoms with Crippen LogP contribution in [0.15, 0.2) is 12.3 Å². The molecule has 1 aromatic rings. The molecule has 2 aliphatic heterocycles. The quantitative estimate of drug-likeness (QED) is 0.854. The van der Waals surface area contributed by atoms with Crippen molar-refractivity contribution in [1.29, 1.82) is 0 Å². The summed E-state index contributed by atoms with van der Waals surface area (Å²) >= 11 is 0. The molecule has 0 unspecified atom stereocenters. The van der Waals surface area contributed by atoms with Crippen LogP contribution in [0, 0.1) is 5.92 Å². The highest BCUT2D eigenvalue weighted by molar-refractivity contribution is 5.78. The van der Waals surface area contributed by atoms with Gasteiger partial charge in [-0.25, -0.2) is 9.97 Å². The Morgan fingerprint density at radius 3 is 2.57 bits per heavy atom. The average Bonchev–Trinajstić information content (AvgIpc) is 2.92. The first kappa shape index (κ1) is 16.0. The maximum atomic E-state index is 12.7. The highest BCUT2D eigenvalue weighted by atomic mass is 19.4. The lowest BCUT2D eigenvalue weighted by molar-refractivity contribution is -0.144. The van der Waals surface area contributed by atoms with E-state index in [1.165, 1.54) is 6.07 Å². The molecule has 1 amide bonds. The Morgan fingerprint density at radius 2 is 1.96 bits per heavy atom. The second-order valence-electron chi connectivity index (χ2n) is 6.11. The normalized spacial score (nSPS) is 20.4. The topological polar surface area (TPSA) is 49.3 Å². The number of nitrogens with zero attached hydrogens (tertiary/aromatic N) is 4. The smallest absolute Gasteiger partial charge is 0.356 e. The number of carbonyl (C=O) groups is 1. The van der Waals surface area contributed by atoms with Crippen molar-refractivity contribution in [3.8, 4) is 0 Å². The predicted molar refractivity (Wildman–Crippen MR) is 77.8 cm³/mol. The SMILES string of the molecule is O=C1CCCN1CC1CCN(c2ccnc(C(F)(F)F)n2)CC1. The zero-order chi connectivity index (χ0) is 16.4. The lowest BCUT2D eigenvalue weighted by atomic mass is 9.96. The maximum absolute atomic E-state index is 12.7. The van der Waals surface area contributed by atoms with Crippen LogP contribution in [-0.4, -0.2) is 47.0 Å². The Labute approximate surface area is 132 Å². The van der Waals surface area contributed by atoms with Crippen LogP contribution in [0.25, 0.3) is 0 Å². The van der Waals surface area contributed by atoms with E-state index in [1.807, 2.05) is 9.80 Å². The van der Waals surface area contributed by atoms with Gasteiger partial charge in [-0.2, -0.15) is 13.2 Å². The number of halogens is 3. The minimum atomic E-state index is -4.52. The van der Waals surface area contributed by atoms with Gasteiger partial charge < -0.3 is 9.80 Å². The zero-order valence-electron chi connectivity index (χ0n) is 12.7. The maximum Gasteiger partial charge on any atom is 0.451 e. The number of carbonyl (C=O) groups excluding carboxylic acids is 1. The minimum absolute atomic E-state index is 0.220. The Bertz CT molecular complexity index is 570. The zero-order valence-corrected chi connectivity index (χ0v) is 12.7. The number of alkyl halides is 3. The first-order valence-corrected chi connectivity index (χ1v) is 7.86. The molecule has 5 nitrogen and oxygen atoms in total. The Hall–Kier alpha value is -1.86. The first-order chi connectivity index (χ1) is 10.9. The third-order valence-corrected chi connectivity index (χ3v) is 4.48. The molecule has 0 N–H and O–H groups in total. The van der Waals surface area contributed by atoms with Gasteiger partial charge >= 0.3 is 6.18 Å². The van der Waals surface area contributed by atoms with E-state index < -0.39 is 12.0 Å². The number of hydrogen-bond acceptors (Lipinski definition) is 4. The fourth-order valence-corrected chi connectivity index (χ4v) is 3.22. The lowest BCUT2D eigenvalue weighted by Gasteiger charge is -2.34. The lowest BCUT2D eigenvalue weighted by Crippen LogP contribution is -2.39. The van der Waals surface area contributed by atoms with Crippen molar-refractivity contribution >= 4 is 11.7 Å². The Kier molecular flexibility index (Phi) is 4.41. The molecule has 3 rings (SSSR count). The van der Waals surface area contributed by atoms with Crippen LogP contribution in [0.5, 0.6) is 0 Å². The number of rotatable bonds is 3. The fourth-order valence-electron chi connectivity index (χ4n) is 3.22. The van der Waals surface area contributed by atoms with Crippen molar-refractivity contribution in [2.45, 2.75) is 31.9 Å². The molecule has 23 heavy (non-hydrogen) atoms. The van der Waals surface area contributed by atoms with Gasteiger partial charge in [0.2, 0.25) is 11.7 Å². The van der Waals surface area contributed by atoms with Crippen LogP contribution < -0.4 is 4.90 Å². The standard InChI is InChI=1S/C15H19F3N4O/c16-15(17,18)14-19-6-3-12(20-14)21-8-4-11(5-9-21)10-22-7-1-2-13(22)23/h3,6,11H,1-2,4-5,7-10H2. The van der Waals surface area contributed by atoms with Gasteiger partial charge in [0.25, 0.3) is 0 Å². The van der Waals surface area contributed by atoms with Gasteiger partial charge in [-0.15, -0.1) is 0 Å². The molecule has 0 bridgehead atoms. The number of likely N-dealkylation sites (tertiary alicyclic amines) is 1. The van der Waals surface area contributed by atoms with Gasteiger partial charge in [0.05, 0.1) is 0 Å². The van der Waals surface area contributed by atoms with Crippen LogP contribution >= 0.6 is 0 Å². The molecule has 126 valence electrons. The van der Waals surface area contributed by atoms with Gasteiger partial charge in [0, 0.05) is 38.8 Å². The largest absolute Gasteiger partial charge is 0.451 e. The number of hydrogen-bond donors (Lipinski definition) is 0. The average molecular weight is 328 g/mol. The molecule has 0 atom stereocenters. The van der Waals surface area contributed by atoms with Gasteiger partial charge in [-0.1, -0.05) is 0 Å². The van der Waals surface area contributed by atoms with Gasteiger partial charge in [-0.05, 0) is 31.2 Å². The summed E-state index contributed by atoms with van der Waals surface area (Å²) < 4.78 is 38.0. The third kappa shape index (κ3) is 3.73. The van der Waals surface area contributed by atoms with Crippen molar-refractivity contribution in [2.24, 2.45) is 5.92 Å². The Morgan fingerprint density at radius 1 is 1.22 bits per heavy atom. The molecule has 0 saturated carbocycles. The molecule has 8 heteroatoms. The van der Waals surface area contributed by atoms with E-state index in [9.17, 15) is 18.0 Å². The second-order valence-corrected chi connectivity index (χ2v) is 6.11. The number of anilines is 1. The van der Waals surface area contributed by atoms with Crippen LogP contribution in [-0.2, 0) is 11.0 Å². The molecule has 0 aliphatic carbocycles. The molecular weight excluding hydrogens is 309 g/mol. The highest BCUT2D eigenvalue weighted by Crippen LogP contribution is 2.29. The van der Waals surface area contributed by atoms with Crippen LogP contribution in [0.1, 0.15) is 31.5 Å². The first-order valence-electron chi connectivity index (χ1n) is 7.86. The molecule has 2 aliphatic rings. The molecule has 1 aromatic heterocycles. The summed E-state index contributed by atoms with van der Waals surface area (Å²) in [6.07, 6.45) is -0.0896. The van der Waals surface area contributed by atoms with E-state index >= 15 is 0 Å². The van der Waals surface area contributed by atoms with E-state index in [0.29, 0.717) is 31.2 Å². The van der Waals surface area contributed by atoms with E-state index in [1.54, 1.807) is 0 Å². The molecular formula is C15H19F3N4O. The van der Waals surface area contributed by atoms with Gasteiger partial charge in [-0.3, -0.25) is 4.79 Å². The number of amides is 1. The third-order valence-electron chi connectivity index (χ3n) is 4.48. The molecule has 2 fully saturated rings. The van der Waals surface area contributed by atoms with Crippen molar-refractivity contribution in [2.75, 3.05) is 31.1 Å². The summed E-state index contributed by atoms with van der Waals surface area (Å²) in [5.41, 5.74) is 0. The molecule has 3 heterocycles. The van der Waals surface area contributed by atoms with Crippen LogP contribution in [0.2, 0.25) is 0 Å². The van der Waals surface area contributed by atoms with E-state index in [0.717, 1.165) is 38.5 Å². The molecule has 0 spiro atoms. The van der Waals surface area contributed by atoms with Crippen molar-refractivity contribution in [1.82, 2.24) is 14.9 Å². The number of aromatic nitrogens is 2. The summed E-state index contributed by atoms with van der Waals surface area (Å²) in [4.78, 5) is 22.4. The summed E-state index contributed by atoms with van der Waals surface area (Å²) in [5.74, 6) is -0.141. The number of piperidine rings is 1. The van der Waals surface area contributed by atoms with Gasteiger partial charge in [0.15, 0.2) is 0 Å². The van der Waals surface area contributed by atoms with Gasteiger partial charge in [0.1, 0.15) is 5.82 Å². The summed E-state index contributed by atoms with van der Waals surface area (Å²) in [6.45, 7) is 2.91. The van der Waals surface area contributed by atoms with Crippen LogP contribution in [0.4, 0.5) is 19.0 Å². The summed E-state index contributed by atoms with van der Waals surface area (Å²) in [5, 5.41) is 0. The Balaban J connectivity index is 1.57. The van der Waals surface area contributed by atoms with Crippen molar-refractivity contribution in [3.05, 3.63) is 18.1 Å². The highest BCUT2D eigenvalue weighted by Gasteiger charge is 2.35. The predicted octanol–water partition coefficient (Wildman–Crippen LogP) is 2.33. The van der Waals surface area contributed by atoms with E-state index in [2.05, 4.69) is 9.97 Å². The molecule has 2 saturated heterocycles. The fraction of sp³-hybridized carbons (Fsp3) is 0.667. The second kappa shape index (κ2) is 6.33. The van der Waals surface area contributed by atoms with Crippen LogP contribution in [0.3, 0.4) is 0 Å². The molecule has 0 aromatic carbocycles.